The molecule has 0 aliphatic heterocycles. The number of aliphatic hydroxyl groups excluding tert-OH is 1. The fraction of sp³-hybridized carbons (Fsp3) is 0.500. The second kappa shape index (κ2) is 6.40. The Kier molecular flexibility index (Phi) is 5.16. The molecule has 94 valence electrons. The summed E-state index contributed by atoms with van der Waals surface area (Å²) in [7, 11) is 0. The molecule has 1 aromatic rings. The zero-order valence-corrected chi connectivity index (χ0v) is 10.7. The van der Waals surface area contributed by atoms with E-state index >= 15 is 0 Å². The topological polar surface area (TPSA) is 49.3 Å². The summed E-state index contributed by atoms with van der Waals surface area (Å²) >= 11 is 0. The summed E-state index contributed by atoms with van der Waals surface area (Å²) in [6, 6.07) is 7.74. The molecule has 0 saturated heterocycles. The summed E-state index contributed by atoms with van der Waals surface area (Å²) in [5.74, 6) is 0.198. The van der Waals surface area contributed by atoms with Crippen LogP contribution < -0.4 is 5.32 Å². The van der Waals surface area contributed by atoms with E-state index in [9.17, 15) is 4.79 Å². The van der Waals surface area contributed by atoms with Crippen LogP contribution in [0.15, 0.2) is 24.3 Å². The van der Waals surface area contributed by atoms with Crippen LogP contribution in [0.5, 0.6) is 0 Å². The second-order valence-electron chi connectivity index (χ2n) is 4.76. The molecule has 0 aromatic heterocycles. The van der Waals surface area contributed by atoms with Crippen LogP contribution in [0.3, 0.4) is 0 Å². The molecule has 0 aliphatic rings. The number of carbonyl (C=O) groups is 1. The number of aryl methyl sites for hydroxylation is 1. The average molecular weight is 235 g/mol. The Bertz CT molecular complexity index is 357. The highest BCUT2D eigenvalue weighted by Crippen LogP contribution is 2.05. The number of hydrogen-bond acceptors (Lipinski definition) is 2. The molecule has 3 heteroatoms. The molecule has 1 unspecified atom stereocenters. The summed E-state index contributed by atoms with van der Waals surface area (Å²) in [6.45, 7) is 5.96. The smallest absolute Gasteiger partial charge is 0.224 e. The summed E-state index contributed by atoms with van der Waals surface area (Å²) in [5.41, 5.74) is 2.18. The van der Waals surface area contributed by atoms with Crippen molar-refractivity contribution in [2.24, 2.45) is 5.92 Å². The van der Waals surface area contributed by atoms with Crippen LogP contribution in [0.1, 0.15) is 25.0 Å². The fourth-order valence-corrected chi connectivity index (χ4v) is 1.57. The lowest BCUT2D eigenvalue weighted by molar-refractivity contribution is -0.121. The molecule has 1 amide bonds. The Morgan fingerprint density at radius 2 is 1.88 bits per heavy atom. The van der Waals surface area contributed by atoms with Crippen molar-refractivity contribution in [3.63, 3.8) is 0 Å². The van der Waals surface area contributed by atoms with E-state index in [0.717, 1.165) is 5.56 Å². The van der Waals surface area contributed by atoms with Gasteiger partial charge in [0, 0.05) is 0 Å². The van der Waals surface area contributed by atoms with Crippen molar-refractivity contribution in [3.05, 3.63) is 35.4 Å². The molecule has 0 saturated carbocycles. The Balaban J connectivity index is 2.52. The number of benzene rings is 1. The first-order chi connectivity index (χ1) is 8.02. The van der Waals surface area contributed by atoms with E-state index in [0.29, 0.717) is 6.42 Å². The molecule has 0 bridgehead atoms. The van der Waals surface area contributed by atoms with Crippen molar-refractivity contribution in [1.82, 2.24) is 5.32 Å². The normalized spacial score (nSPS) is 12.5. The zero-order chi connectivity index (χ0) is 12.8. The number of aliphatic hydroxyl groups is 1. The van der Waals surface area contributed by atoms with Crippen LogP contribution in [0.4, 0.5) is 0 Å². The molecule has 0 heterocycles. The van der Waals surface area contributed by atoms with Crippen molar-refractivity contribution >= 4 is 5.91 Å². The van der Waals surface area contributed by atoms with E-state index in [1.165, 1.54) is 5.56 Å². The minimum Gasteiger partial charge on any atom is -0.394 e. The highest BCUT2D eigenvalue weighted by atomic mass is 16.3. The summed E-state index contributed by atoms with van der Waals surface area (Å²) < 4.78 is 0. The molecule has 2 N–H and O–H groups in total. The van der Waals surface area contributed by atoms with Gasteiger partial charge >= 0.3 is 0 Å². The molecule has 0 fully saturated rings. The molecule has 1 atom stereocenters. The van der Waals surface area contributed by atoms with Gasteiger partial charge in [0.2, 0.25) is 5.91 Å². The van der Waals surface area contributed by atoms with E-state index in [2.05, 4.69) is 5.32 Å². The predicted molar refractivity (Wildman–Crippen MR) is 68.7 cm³/mol. The van der Waals surface area contributed by atoms with Crippen molar-refractivity contribution in [2.45, 2.75) is 33.2 Å². The molecule has 17 heavy (non-hydrogen) atoms. The van der Waals surface area contributed by atoms with E-state index in [4.69, 9.17) is 5.11 Å². The Morgan fingerprint density at radius 3 is 2.35 bits per heavy atom. The molecule has 1 aromatic carbocycles. The van der Waals surface area contributed by atoms with Gasteiger partial charge in [-0.3, -0.25) is 4.79 Å². The Morgan fingerprint density at radius 1 is 1.29 bits per heavy atom. The number of hydrogen-bond donors (Lipinski definition) is 2. The lowest BCUT2D eigenvalue weighted by atomic mass is 10.0. The first-order valence-electron chi connectivity index (χ1n) is 5.98. The quantitative estimate of drug-likeness (QED) is 0.815. The molecule has 3 nitrogen and oxygen atoms in total. The zero-order valence-electron chi connectivity index (χ0n) is 10.7. The molecule has 0 radical (unpaired) electrons. The molecule has 1 rings (SSSR count). The average Bonchev–Trinajstić information content (AvgIpc) is 2.28. The van der Waals surface area contributed by atoms with Crippen LogP contribution in [0.25, 0.3) is 0 Å². The van der Waals surface area contributed by atoms with Crippen LogP contribution >= 0.6 is 0 Å². The van der Waals surface area contributed by atoms with Crippen LogP contribution in [0.2, 0.25) is 0 Å². The first-order valence-corrected chi connectivity index (χ1v) is 5.98. The van der Waals surface area contributed by atoms with Crippen molar-refractivity contribution in [3.8, 4) is 0 Å². The van der Waals surface area contributed by atoms with Gasteiger partial charge in [0.25, 0.3) is 0 Å². The van der Waals surface area contributed by atoms with E-state index < -0.39 is 0 Å². The first kappa shape index (κ1) is 13.7. The number of carbonyl (C=O) groups excluding carboxylic acids is 1. The molecule has 0 aliphatic carbocycles. The summed E-state index contributed by atoms with van der Waals surface area (Å²) in [5, 5.41) is 12.0. The van der Waals surface area contributed by atoms with Gasteiger partial charge in [0.15, 0.2) is 0 Å². The minimum atomic E-state index is -0.159. The van der Waals surface area contributed by atoms with Gasteiger partial charge in [-0.1, -0.05) is 43.7 Å². The van der Waals surface area contributed by atoms with Gasteiger partial charge < -0.3 is 10.4 Å². The summed E-state index contributed by atoms with van der Waals surface area (Å²) in [4.78, 5) is 11.7. The third-order valence-electron chi connectivity index (χ3n) is 2.83. The maximum absolute atomic E-state index is 11.7. The monoisotopic (exact) mass is 235 g/mol. The minimum absolute atomic E-state index is 0.0166. The Hall–Kier alpha value is -1.35. The number of nitrogens with one attached hydrogen (secondary N) is 1. The fourth-order valence-electron chi connectivity index (χ4n) is 1.57. The van der Waals surface area contributed by atoms with Gasteiger partial charge in [0.1, 0.15) is 0 Å². The maximum Gasteiger partial charge on any atom is 0.224 e. The lowest BCUT2D eigenvalue weighted by Gasteiger charge is -2.19. The largest absolute Gasteiger partial charge is 0.394 e. The van der Waals surface area contributed by atoms with Gasteiger partial charge in [-0.25, -0.2) is 0 Å². The van der Waals surface area contributed by atoms with E-state index in [1.54, 1.807) is 0 Å². The maximum atomic E-state index is 11.7. The van der Waals surface area contributed by atoms with Crippen molar-refractivity contribution in [2.75, 3.05) is 6.61 Å². The standard InChI is InChI=1S/C14H21NO2/c1-10(2)13(9-16)15-14(17)8-12-6-4-11(3)5-7-12/h4-7,10,13,16H,8-9H2,1-3H3,(H,15,17). The number of rotatable bonds is 5. The molecule has 0 spiro atoms. The van der Waals surface area contributed by atoms with Gasteiger partial charge in [-0.05, 0) is 18.4 Å². The lowest BCUT2D eigenvalue weighted by Crippen LogP contribution is -2.41. The van der Waals surface area contributed by atoms with Crippen molar-refractivity contribution < 1.29 is 9.90 Å². The SMILES string of the molecule is Cc1ccc(CC(=O)NC(CO)C(C)C)cc1. The van der Waals surface area contributed by atoms with Crippen molar-refractivity contribution in [1.29, 1.82) is 0 Å². The molecular formula is C14H21NO2. The predicted octanol–water partition coefficient (Wildman–Crippen LogP) is 1.67. The van der Waals surface area contributed by atoms with Gasteiger partial charge in [-0.15, -0.1) is 0 Å². The highest BCUT2D eigenvalue weighted by molar-refractivity contribution is 5.78. The van der Waals surface area contributed by atoms with Crippen LogP contribution in [0, 0.1) is 12.8 Å². The Labute approximate surface area is 103 Å². The van der Waals surface area contributed by atoms with Crippen LogP contribution in [-0.2, 0) is 11.2 Å². The summed E-state index contributed by atoms with van der Waals surface area (Å²) in [6.07, 6.45) is 0.365. The van der Waals surface area contributed by atoms with Crippen LogP contribution in [-0.4, -0.2) is 23.7 Å². The molecular weight excluding hydrogens is 214 g/mol. The highest BCUT2D eigenvalue weighted by Gasteiger charge is 2.14. The van der Waals surface area contributed by atoms with E-state index in [-0.39, 0.29) is 24.5 Å². The third-order valence-corrected chi connectivity index (χ3v) is 2.83. The second-order valence-corrected chi connectivity index (χ2v) is 4.76. The number of amides is 1. The van der Waals surface area contributed by atoms with Gasteiger partial charge in [-0.2, -0.15) is 0 Å². The third kappa shape index (κ3) is 4.57. The van der Waals surface area contributed by atoms with Gasteiger partial charge in [0.05, 0.1) is 19.1 Å². The van der Waals surface area contributed by atoms with E-state index in [1.807, 2.05) is 45.0 Å².